The minimum Gasteiger partial charge on any atom is -0.372 e. The number of guanidine groups is 1. The first-order valence-corrected chi connectivity index (χ1v) is 11.3. The lowest BCUT2D eigenvalue weighted by Crippen LogP contribution is -2.38. The molecule has 2 N–H and O–H groups in total. The second-order valence-electron chi connectivity index (χ2n) is 7.57. The van der Waals surface area contributed by atoms with Crippen molar-refractivity contribution in [3.05, 3.63) is 45.9 Å². The van der Waals surface area contributed by atoms with E-state index >= 15 is 0 Å². The van der Waals surface area contributed by atoms with Crippen molar-refractivity contribution in [1.29, 1.82) is 0 Å². The molecule has 1 aliphatic rings. The van der Waals surface area contributed by atoms with Crippen molar-refractivity contribution in [3.63, 3.8) is 0 Å². The molecule has 6 heteroatoms. The smallest absolute Gasteiger partial charge is 0.191 e. The standard InChI is InChI=1S/C22H33N5S/c1-4-23-22(24-12-9-20-16-28-18(3)26-20)25-15-19-5-7-21(8-6-19)27-13-10-17(2)11-14-27/h5-8,16-17H,4,9-15H2,1-3H3,(H2,23,24,25). The zero-order valence-corrected chi connectivity index (χ0v) is 18.2. The summed E-state index contributed by atoms with van der Waals surface area (Å²) in [6, 6.07) is 8.90. The Morgan fingerprint density at radius 3 is 2.61 bits per heavy atom. The van der Waals surface area contributed by atoms with E-state index in [0.717, 1.165) is 42.1 Å². The van der Waals surface area contributed by atoms with Crippen LogP contribution in [-0.2, 0) is 13.0 Å². The number of nitrogens with zero attached hydrogens (tertiary/aromatic N) is 3. The third-order valence-electron chi connectivity index (χ3n) is 5.19. The van der Waals surface area contributed by atoms with Gasteiger partial charge >= 0.3 is 0 Å². The Bertz CT molecular complexity index is 745. The molecule has 0 bridgehead atoms. The predicted molar refractivity (Wildman–Crippen MR) is 120 cm³/mol. The molecule has 28 heavy (non-hydrogen) atoms. The van der Waals surface area contributed by atoms with E-state index in [-0.39, 0.29) is 0 Å². The molecule has 1 aromatic heterocycles. The Balaban J connectivity index is 1.50. The molecule has 1 aliphatic heterocycles. The van der Waals surface area contributed by atoms with E-state index in [1.165, 1.54) is 37.2 Å². The highest BCUT2D eigenvalue weighted by Gasteiger charge is 2.15. The first-order valence-electron chi connectivity index (χ1n) is 10.4. The number of aliphatic imine (C=N–C) groups is 1. The number of benzene rings is 1. The maximum Gasteiger partial charge on any atom is 0.191 e. The van der Waals surface area contributed by atoms with Crippen molar-refractivity contribution in [2.24, 2.45) is 10.9 Å². The van der Waals surface area contributed by atoms with Crippen LogP contribution in [0, 0.1) is 12.8 Å². The fourth-order valence-corrected chi connectivity index (χ4v) is 4.07. The van der Waals surface area contributed by atoms with E-state index < -0.39 is 0 Å². The van der Waals surface area contributed by atoms with Crippen LogP contribution < -0.4 is 15.5 Å². The number of aromatic nitrogens is 1. The van der Waals surface area contributed by atoms with E-state index in [9.17, 15) is 0 Å². The summed E-state index contributed by atoms with van der Waals surface area (Å²) in [7, 11) is 0. The van der Waals surface area contributed by atoms with Crippen LogP contribution in [0.2, 0.25) is 0 Å². The second kappa shape index (κ2) is 10.5. The maximum absolute atomic E-state index is 4.74. The van der Waals surface area contributed by atoms with Crippen LogP contribution in [0.5, 0.6) is 0 Å². The lowest BCUT2D eigenvalue weighted by atomic mass is 9.99. The van der Waals surface area contributed by atoms with E-state index in [1.807, 2.05) is 6.92 Å². The van der Waals surface area contributed by atoms with Gasteiger partial charge in [0.1, 0.15) is 0 Å². The summed E-state index contributed by atoms with van der Waals surface area (Å²) in [5.74, 6) is 1.73. The zero-order chi connectivity index (χ0) is 19.8. The number of aryl methyl sites for hydroxylation is 1. The first-order chi connectivity index (χ1) is 13.6. The van der Waals surface area contributed by atoms with Crippen LogP contribution in [-0.4, -0.2) is 37.1 Å². The molecule has 0 radical (unpaired) electrons. The molecule has 2 aromatic rings. The summed E-state index contributed by atoms with van der Waals surface area (Å²) >= 11 is 1.70. The van der Waals surface area contributed by atoms with E-state index in [1.54, 1.807) is 11.3 Å². The largest absolute Gasteiger partial charge is 0.372 e. The Kier molecular flexibility index (Phi) is 7.71. The molecule has 0 saturated carbocycles. The number of piperidine rings is 1. The van der Waals surface area contributed by atoms with Gasteiger partial charge in [-0.15, -0.1) is 11.3 Å². The van der Waals surface area contributed by atoms with Gasteiger partial charge in [-0.05, 0) is 50.3 Å². The van der Waals surface area contributed by atoms with Crippen LogP contribution in [0.1, 0.15) is 43.0 Å². The van der Waals surface area contributed by atoms with Gasteiger partial charge in [0, 0.05) is 43.7 Å². The monoisotopic (exact) mass is 399 g/mol. The number of nitrogens with one attached hydrogen (secondary N) is 2. The van der Waals surface area contributed by atoms with Gasteiger partial charge in [-0.25, -0.2) is 9.98 Å². The summed E-state index contributed by atoms with van der Waals surface area (Å²) in [5, 5.41) is 9.99. The number of anilines is 1. The quantitative estimate of drug-likeness (QED) is 0.546. The Hall–Kier alpha value is -2.08. The molecular weight excluding hydrogens is 366 g/mol. The zero-order valence-electron chi connectivity index (χ0n) is 17.4. The van der Waals surface area contributed by atoms with Crippen molar-refractivity contribution in [3.8, 4) is 0 Å². The molecule has 1 fully saturated rings. The summed E-state index contributed by atoms with van der Waals surface area (Å²) in [4.78, 5) is 11.7. The van der Waals surface area contributed by atoms with Gasteiger partial charge in [-0.1, -0.05) is 19.1 Å². The van der Waals surface area contributed by atoms with Gasteiger partial charge in [0.2, 0.25) is 0 Å². The maximum atomic E-state index is 4.74. The minimum absolute atomic E-state index is 0.683. The first kappa shape index (κ1) is 20.6. The number of thiazole rings is 1. The fourth-order valence-electron chi connectivity index (χ4n) is 3.42. The Labute approximate surface area is 173 Å². The third kappa shape index (κ3) is 6.23. The Morgan fingerprint density at radius 1 is 1.21 bits per heavy atom. The average Bonchev–Trinajstić information content (AvgIpc) is 3.12. The molecule has 5 nitrogen and oxygen atoms in total. The molecule has 2 heterocycles. The summed E-state index contributed by atoms with van der Waals surface area (Å²) in [5.41, 5.74) is 3.72. The SMILES string of the molecule is CCNC(=NCc1ccc(N2CCC(C)CC2)cc1)NCCc1csc(C)n1. The molecular formula is C22H33N5S. The normalized spacial score (nSPS) is 15.7. The van der Waals surface area contributed by atoms with Crippen molar-refractivity contribution >= 4 is 23.0 Å². The molecule has 0 atom stereocenters. The molecule has 0 unspecified atom stereocenters. The van der Waals surface area contributed by atoms with Crippen LogP contribution in [0.15, 0.2) is 34.6 Å². The van der Waals surface area contributed by atoms with Gasteiger partial charge in [0.25, 0.3) is 0 Å². The Morgan fingerprint density at radius 2 is 1.96 bits per heavy atom. The lowest BCUT2D eigenvalue weighted by Gasteiger charge is -2.32. The van der Waals surface area contributed by atoms with Crippen molar-refractivity contribution in [2.75, 3.05) is 31.1 Å². The molecule has 3 rings (SSSR count). The molecule has 0 amide bonds. The van der Waals surface area contributed by atoms with Gasteiger partial charge < -0.3 is 15.5 Å². The molecule has 0 spiro atoms. The van der Waals surface area contributed by atoms with Gasteiger partial charge in [0.05, 0.1) is 17.2 Å². The van der Waals surface area contributed by atoms with Gasteiger partial charge in [0.15, 0.2) is 5.96 Å². The number of hydrogen-bond acceptors (Lipinski definition) is 4. The van der Waals surface area contributed by atoms with Crippen molar-refractivity contribution in [1.82, 2.24) is 15.6 Å². The lowest BCUT2D eigenvalue weighted by molar-refractivity contribution is 0.438. The predicted octanol–water partition coefficient (Wildman–Crippen LogP) is 3.99. The second-order valence-corrected chi connectivity index (χ2v) is 8.63. The minimum atomic E-state index is 0.683. The van der Waals surface area contributed by atoms with Crippen molar-refractivity contribution in [2.45, 2.75) is 46.6 Å². The van der Waals surface area contributed by atoms with Gasteiger partial charge in [-0.3, -0.25) is 0 Å². The molecule has 1 saturated heterocycles. The van der Waals surface area contributed by atoms with Crippen molar-refractivity contribution < 1.29 is 0 Å². The third-order valence-corrected chi connectivity index (χ3v) is 6.01. The average molecular weight is 400 g/mol. The van der Waals surface area contributed by atoms with E-state index in [2.05, 4.69) is 64.0 Å². The van der Waals surface area contributed by atoms with Gasteiger partial charge in [-0.2, -0.15) is 0 Å². The molecule has 0 aliphatic carbocycles. The highest BCUT2D eigenvalue weighted by atomic mass is 32.1. The van der Waals surface area contributed by atoms with Crippen LogP contribution in [0.3, 0.4) is 0 Å². The van der Waals surface area contributed by atoms with E-state index in [0.29, 0.717) is 6.54 Å². The fraction of sp³-hybridized carbons (Fsp3) is 0.545. The summed E-state index contributed by atoms with van der Waals surface area (Å²) in [6.07, 6.45) is 3.51. The molecule has 1 aromatic carbocycles. The van der Waals surface area contributed by atoms with E-state index in [4.69, 9.17) is 4.99 Å². The topological polar surface area (TPSA) is 52.6 Å². The molecule has 152 valence electrons. The van der Waals surface area contributed by atoms with Crippen LogP contribution in [0.4, 0.5) is 5.69 Å². The summed E-state index contributed by atoms with van der Waals surface area (Å²) in [6.45, 7) is 11.2. The highest BCUT2D eigenvalue weighted by molar-refractivity contribution is 7.09. The van der Waals surface area contributed by atoms with Crippen LogP contribution in [0.25, 0.3) is 0 Å². The summed E-state index contributed by atoms with van der Waals surface area (Å²) < 4.78 is 0. The van der Waals surface area contributed by atoms with Crippen LogP contribution >= 0.6 is 11.3 Å². The number of rotatable bonds is 7. The highest BCUT2D eigenvalue weighted by Crippen LogP contribution is 2.23. The number of hydrogen-bond donors (Lipinski definition) is 2.